The summed E-state index contributed by atoms with van der Waals surface area (Å²) in [5.74, 6) is 0. The minimum Gasteiger partial charge on any atom is -0.225 e. The Balaban J connectivity index is 3.03. The van der Waals surface area contributed by atoms with Gasteiger partial charge < -0.3 is 0 Å². The summed E-state index contributed by atoms with van der Waals surface area (Å²) in [7, 11) is 0. The molecule has 0 aliphatic heterocycles. The van der Waals surface area contributed by atoms with Crippen LogP contribution in [-0.2, 0) is 0 Å². The highest BCUT2D eigenvalue weighted by atomic mass is 35.5. The highest BCUT2D eigenvalue weighted by Gasteiger charge is 2.06. The van der Waals surface area contributed by atoms with Crippen molar-refractivity contribution in [3.8, 4) is 0 Å². The summed E-state index contributed by atoms with van der Waals surface area (Å²) in [5, 5.41) is 0. The van der Waals surface area contributed by atoms with Gasteiger partial charge in [0.2, 0.25) is 0 Å². The summed E-state index contributed by atoms with van der Waals surface area (Å²) in [6.07, 6.45) is 0. The van der Waals surface area contributed by atoms with Gasteiger partial charge in [0, 0.05) is 10.5 Å². The van der Waals surface area contributed by atoms with Crippen LogP contribution in [0.3, 0.4) is 0 Å². The lowest BCUT2D eigenvalue weighted by Gasteiger charge is -2.01. The first-order valence-corrected chi connectivity index (χ1v) is 3.66. The van der Waals surface area contributed by atoms with Gasteiger partial charge in [0.15, 0.2) is 5.63 Å². The van der Waals surface area contributed by atoms with Gasteiger partial charge in [-0.2, -0.15) is 0 Å². The van der Waals surface area contributed by atoms with E-state index < -0.39 is 5.63 Å². The van der Waals surface area contributed by atoms with E-state index in [1.54, 1.807) is 24.3 Å². The maximum atomic E-state index is 12.4. The largest absolute Gasteiger partial charge is 0.225 e. The molecule has 0 amide bonds. The van der Waals surface area contributed by atoms with Crippen LogP contribution in [0.15, 0.2) is 29.2 Å². The van der Waals surface area contributed by atoms with Gasteiger partial charge in [-0.05, 0) is 6.07 Å². The monoisotopic (exact) mass is 176 g/mol. The maximum Gasteiger partial charge on any atom is 0.199 e. The molecule has 0 aliphatic carbocycles. The Kier molecular flexibility index (Phi) is 2.57. The fourth-order valence-corrected chi connectivity index (χ4v) is 1.21. The molecule has 0 saturated heterocycles. The van der Waals surface area contributed by atoms with Crippen LogP contribution in [-0.4, -0.2) is 0 Å². The van der Waals surface area contributed by atoms with Crippen LogP contribution in [0.2, 0.25) is 0 Å². The first-order valence-electron chi connectivity index (χ1n) is 2.78. The van der Waals surface area contributed by atoms with Gasteiger partial charge in [-0.1, -0.05) is 29.8 Å². The van der Waals surface area contributed by atoms with E-state index in [1.165, 1.54) is 0 Å². The summed E-state index contributed by atoms with van der Waals surface area (Å²) in [6, 6.07) is 6.82. The maximum absolute atomic E-state index is 12.4. The third kappa shape index (κ3) is 1.64. The van der Waals surface area contributed by atoms with E-state index in [2.05, 4.69) is 12.6 Å². The summed E-state index contributed by atoms with van der Waals surface area (Å²) in [4.78, 5) is 0.588. The Morgan fingerprint density at radius 1 is 1.40 bits per heavy atom. The Hall–Kier alpha value is -0.210. The molecule has 0 N–H and O–H groups in total. The van der Waals surface area contributed by atoms with Crippen molar-refractivity contribution in [3.05, 3.63) is 29.8 Å². The van der Waals surface area contributed by atoms with Gasteiger partial charge in [-0.15, -0.1) is 12.6 Å². The predicted octanol–water partition coefficient (Wildman–Crippen LogP) is 3.18. The fourth-order valence-electron chi connectivity index (χ4n) is 0.672. The molecule has 0 aliphatic rings. The van der Waals surface area contributed by atoms with Crippen LogP contribution in [0.5, 0.6) is 0 Å². The fraction of sp³-hybridized carbons (Fsp3) is 0.143. The van der Waals surface area contributed by atoms with Crippen LogP contribution >= 0.6 is 24.2 Å². The van der Waals surface area contributed by atoms with E-state index in [-0.39, 0.29) is 0 Å². The van der Waals surface area contributed by atoms with E-state index in [0.29, 0.717) is 10.5 Å². The molecule has 1 aromatic rings. The molecule has 1 aromatic carbocycles. The molecule has 0 fully saturated rings. The van der Waals surface area contributed by atoms with Crippen molar-refractivity contribution in [2.24, 2.45) is 0 Å². The smallest absolute Gasteiger partial charge is 0.199 e. The number of alkyl halides is 2. The Labute approximate surface area is 69.4 Å². The molecule has 3 heteroatoms. The quantitative estimate of drug-likeness (QED) is 0.493. The summed E-state index contributed by atoms with van der Waals surface area (Å²) in [6.45, 7) is 0. The van der Waals surface area contributed by atoms with Gasteiger partial charge >= 0.3 is 0 Å². The zero-order valence-electron chi connectivity index (χ0n) is 5.09. The van der Waals surface area contributed by atoms with E-state index in [0.717, 1.165) is 0 Å². The standard InChI is InChI=1S/C7H6ClFS/c8-7(9)5-3-1-2-4-6(5)10/h1-4,7,10H. The average molecular weight is 177 g/mol. The minimum atomic E-state index is -1.45. The zero-order valence-corrected chi connectivity index (χ0v) is 6.74. The molecule has 10 heavy (non-hydrogen) atoms. The number of rotatable bonds is 1. The van der Waals surface area contributed by atoms with Crippen LogP contribution in [0, 0.1) is 0 Å². The van der Waals surface area contributed by atoms with Crippen LogP contribution in [0.4, 0.5) is 4.39 Å². The van der Waals surface area contributed by atoms with Gasteiger partial charge in [0.05, 0.1) is 0 Å². The molecule has 54 valence electrons. The first kappa shape index (κ1) is 7.89. The normalized spacial score (nSPS) is 13.1. The molecule has 0 saturated carbocycles. The third-order valence-electron chi connectivity index (χ3n) is 1.17. The number of benzene rings is 1. The molecule has 0 aromatic heterocycles. The lowest BCUT2D eigenvalue weighted by Crippen LogP contribution is -1.82. The molecular formula is C7H6ClFS. The van der Waals surface area contributed by atoms with E-state index in [1.807, 2.05) is 0 Å². The van der Waals surface area contributed by atoms with Gasteiger partial charge in [-0.25, -0.2) is 4.39 Å². The van der Waals surface area contributed by atoms with Gasteiger partial charge in [-0.3, -0.25) is 0 Å². The molecular weight excluding hydrogens is 171 g/mol. The van der Waals surface area contributed by atoms with Crippen molar-refractivity contribution in [2.75, 3.05) is 0 Å². The van der Waals surface area contributed by atoms with Gasteiger partial charge in [0.1, 0.15) is 0 Å². The summed E-state index contributed by atoms with van der Waals surface area (Å²) < 4.78 is 12.4. The van der Waals surface area contributed by atoms with Crippen molar-refractivity contribution in [1.82, 2.24) is 0 Å². The minimum absolute atomic E-state index is 0.424. The van der Waals surface area contributed by atoms with Crippen molar-refractivity contribution in [2.45, 2.75) is 10.5 Å². The molecule has 0 spiro atoms. The number of hydrogen-bond donors (Lipinski definition) is 1. The summed E-state index contributed by atoms with van der Waals surface area (Å²) >= 11 is 9.21. The second-order valence-electron chi connectivity index (χ2n) is 1.86. The van der Waals surface area contributed by atoms with Crippen molar-refractivity contribution >= 4 is 24.2 Å². The molecule has 0 heterocycles. The van der Waals surface area contributed by atoms with E-state index >= 15 is 0 Å². The highest BCUT2D eigenvalue weighted by molar-refractivity contribution is 7.80. The predicted molar refractivity (Wildman–Crippen MR) is 43.4 cm³/mol. The molecule has 0 bridgehead atoms. The third-order valence-corrected chi connectivity index (χ3v) is 1.81. The molecule has 1 unspecified atom stereocenters. The second kappa shape index (κ2) is 3.26. The van der Waals surface area contributed by atoms with Crippen molar-refractivity contribution < 1.29 is 4.39 Å². The summed E-state index contributed by atoms with van der Waals surface area (Å²) in [5.41, 5.74) is -1.03. The molecule has 1 rings (SSSR count). The lowest BCUT2D eigenvalue weighted by atomic mass is 10.2. The van der Waals surface area contributed by atoms with Gasteiger partial charge in [0.25, 0.3) is 0 Å². The second-order valence-corrected chi connectivity index (χ2v) is 2.72. The highest BCUT2D eigenvalue weighted by Crippen LogP contribution is 2.26. The zero-order chi connectivity index (χ0) is 7.56. The van der Waals surface area contributed by atoms with Crippen molar-refractivity contribution in [1.29, 1.82) is 0 Å². The number of hydrogen-bond acceptors (Lipinski definition) is 1. The Morgan fingerprint density at radius 2 is 2.00 bits per heavy atom. The first-order chi connectivity index (χ1) is 4.72. The Bertz CT molecular complexity index is 225. The molecule has 0 nitrogen and oxygen atoms in total. The van der Waals surface area contributed by atoms with E-state index in [4.69, 9.17) is 11.6 Å². The van der Waals surface area contributed by atoms with E-state index in [9.17, 15) is 4.39 Å². The topological polar surface area (TPSA) is 0 Å². The average Bonchev–Trinajstić information content (AvgIpc) is 1.88. The van der Waals surface area contributed by atoms with Crippen LogP contribution < -0.4 is 0 Å². The molecule has 1 atom stereocenters. The van der Waals surface area contributed by atoms with Crippen molar-refractivity contribution in [3.63, 3.8) is 0 Å². The SMILES string of the molecule is FC(Cl)c1ccccc1S. The van der Waals surface area contributed by atoms with Crippen LogP contribution in [0.25, 0.3) is 0 Å². The Morgan fingerprint density at radius 3 is 2.40 bits per heavy atom. The van der Waals surface area contributed by atoms with Crippen LogP contribution in [0.1, 0.15) is 11.2 Å². The molecule has 0 radical (unpaired) electrons. The number of thiol groups is 1. The lowest BCUT2D eigenvalue weighted by molar-refractivity contribution is 0.455. The number of halogens is 2.